The highest BCUT2D eigenvalue weighted by Crippen LogP contribution is 2.27. The first-order valence-electron chi connectivity index (χ1n) is 10.7. The standard InChI is InChI=1S/C23H28N2O5S2/c1-17-23(18(2)30-24-17)32(26,27)25(16-21-8-4-11-28-21)15-19-6-3-7-20(14-19)29-12-10-22-9-5-13-31-22/h3,5-7,9,13-14,21H,4,8,10-12,15-16H2,1-2H3/t21-/m0/s1. The van der Waals surface area contributed by atoms with Crippen molar-refractivity contribution in [3.8, 4) is 5.75 Å². The van der Waals surface area contributed by atoms with E-state index in [1.165, 1.54) is 9.18 Å². The minimum Gasteiger partial charge on any atom is -0.493 e. The van der Waals surface area contributed by atoms with Crippen LogP contribution in [0.5, 0.6) is 5.75 Å². The molecule has 0 amide bonds. The van der Waals surface area contributed by atoms with E-state index in [9.17, 15) is 8.42 Å². The van der Waals surface area contributed by atoms with Crippen LogP contribution in [0.25, 0.3) is 0 Å². The third-order valence-electron chi connectivity index (χ3n) is 5.45. The van der Waals surface area contributed by atoms with Crippen LogP contribution in [-0.2, 0) is 27.7 Å². The van der Waals surface area contributed by atoms with Crippen LogP contribution in [0.15, 0.2) is 51.2 Å². The third kappa shape index (κ3) is 5.40. The van der Waals surface area contributed by atoms with Crippen molar-refractivity contribution in [1.29, 1.82) is 0 Å². The summed E-state index contributed by atoms with van der Waals surface area (Å²) in [6.45, 7) is 5.01. The van der Waals surface area contributed by atoms with E-state index in [1.807, 2.05) is 30.3 Å². The van der Waals surface area contributed by atoms with Gasteiger partial charge in [-0.15, -0.1) is 11.3 Å². The highest BCUT2D eigenvalue weighted by atomic mass is 32.2. The van der Waals surface area contributed by atoms with Gasteiger partial charge in [-0.2, -0.15) is 4.31 Å². The molecule has 0 N–H and O–H groups in total. The number of thiophene rings is 1. The highest BCUT2D eigenvalue weighted by molar-refractivity contribution is 7.89. The van der Waals surface area contributed by atoms with Crippen LogP contribution in [0.1, 0.15) is 34.7 Å². The molecule has 1 saturated heterocycles. The molecule has 0 saturated carbocycles. The van der Waals surface area contributed by atoms with Gasteiger partial charge in [0.05, 0.1) is 12.7 Å². The fourth-order valence-electron chi connectivity index (χ4n) is 3.90. The van der Waals surface area contributed by atoms with Gasteiger partial charge in [0.2, 0.25) is 10.0 Å². The molecule has 3 aromatic rings. The van der Waals surface area contributed by atoms with Crippen molar-refractivity contribution in [2.24, 2.45) is 0 Å². The van der Waals surface area contributed by atoms with Crippen molar-refractivity contribution in [1.82, 2.24) is 9.46 Å². The Labute approximate surface area is 193 Å². The predicted molar refractivity (Wildman–Crippen MR) is 123 cm³/mol. The summed E-state index contributed by atoms with van der Waals surface area (Å²) in [6, 6.07) is 11.7. The molecule has 1 fully saturated rings. The molecule has 2 aromatic heterocycles. The van der Waals surface area contributed by atoms with Crippen molar-refractivity contribution in [2.45, 2.75) is 50.7 Å². The molecule has 0 bridgehead atoms. The Hall–Kier alpha value is -2.20. The number of nitrogens with zero attached hydrogens (tertiary/aromatic N) is 2. The van der Waals surface area contributed by atoms with Crippen molar-refractivity contribution in [3.05, 3.63) is 63.7 Å². The summed E-state index contributed by atoms with van der Waals surface area (Å²) in [5.41, 5.74) is 1.22. The van der Waals surface area contributed by atoms with E-state index in [2.05, 4.69) is 16.6 Å². The molecular formula is C23H28N2O5S2. The monoisotopic (exact) mass is 476 g/mol. The van der Waals surface area contributed by atoms with Crippen LogP contribution in [0.3, 0.4) is 0 Å². The topological polar surface area (TPSA) is 81.9 Å². The number of benzene rings is 1. The zero-order valence-corrected chi connectivity index (χ0v) is 20.0. The lowest BCUT2D eigenvalue weighted by atomic mass is 10.2. The molecule has 9 heteroatoms. The molecule has 4 rings (SSSR count). The van der Waals surface area contributed by atoms with E-state index >= 15 is 0 Å². The SMILES string of the molecule is Cc1noc(C)c1S(=O)(=O)N(Cc1cccc(OCCc2cccs2)c1)C[C@@H]1CCCO1. The number of aromatic nitrogens is 1. The van der Waals surface area contributed by atoms with E-state index < -0.39 is 10.0 Å². The number of aryl methyl sites for hydroxylation is 2. The first kappa shape index (κ1) is 23.0. The number of ether oxygens (including phenoxy) is 2. The lowest BCUT2D eigenvalue weighted by Crippen LogP contribution is -2.37. The molecule has 0 radical (unpaired) electrons. The van der Waals surface area contributed by atoms with Crippen LogP contribution in [0.4, 0.5) is 0 Å². The highest BCUT2D eigenvalue weighted by Gasteiger charge is 2.33. The Morgan fingerprint density at radius 3 is 2.81 bits per heavy atom. The second-order valence-corrected chi connectivity index (χ2v) is 10.8. The zero-order chi connectivity index (χ0) is 22.6. The van der Waals surface area contributed by atoms with Crippen LogP contribution >= 0.6 is 11.3 Å². The minimum absolute atomic E-state index is 0.115. The van der Waals surface area contributed by atoms with Crippen LogP contribution in [0.2, 0.25) is 0 Å². The summed E-state index contributed by atoms with van der Waals surface area (Å²) >= 11 is 1.71. The Bertz CT molecular complexity index is 1100. The molecule has 1 aromatic carbocycles. The Kier molecular flexibility index (Phi) is 7.30. The fourth-order valence-corrected chi connectivity index (χ4v) is 6.34. The third-order valence-corrected chi connectivity index (χ3v) is 8.44. The van der Waals surface area contributed by atoms with Crippen molar-refractivity contribution >= 4 is 21.4 Å². The smallest absolute Gasteiger partial charge is 0.248 e. The van der Waals surface area contributed by atoms with Gasteiger partial charge in [-0.05, 0) is 55.8 Å². The second kappa shape index (κ2) is 10.2. The van der Waals surface area contributed by atoms with Gasteiger partial charge in [0, 0.05) is 31.0 Å². The fraction of sp³-hybridized carbons (Fsp3) is 0.435. The van der Waals surface area contributed by atoms with Crippen molar-refractivity contribution < 1.29 is 22.4 Å². The molecule has 32 heavy (non-hydrogen) atoms. The van der Waals surface area contributed by atoms with E-state index in [0.29, 0.717) is 24.7 Å². The number of rotatable bonds is 10. The molecule has 172 valence electrons. The van der Waals surface area contributed by atoms with Gasteiger partial charge in [0.15, 0.2) is 5.76 Å². The van der Waals surface area contributed by atoms with Crippen LogP contribution < -0.4 is 4.74 Å². The van der Waals surface area contributed by atoms with Crippen molar-refractivity contribution in [2.75, 3.05) is 19.8 Å². The Balaban J connectivity index is 1.51. The van der Waals surface area contributed by atoms with Gasteiger partial charge in [0.1, 0.15) is 16.3 Å². The largest absolute Gasteiger partial charge is 0.493 e. The van der Waals surface area contributed by atoms with Gasteiger partial charge < -0.3 is 14.0 Å². The first-order valence-corrected chi connectivity index (χ1v) is 13.0. The van der Waals surface area contributed by atoms with E-state index in [0.717, 1.165) is 30.6 Å². The molecule has 0 aliphatic carbocycles. The Morgan fingerprint density at radius 1 is 1.25 bits per heavy atom. The van der Waals surface area contributed by atoms with Crippen LogP contribution in [-0.4, -0.2) is 43.7 Å². The summed E-state index contributed by atoms with van der Waals surface area (Å²) in [6.07, 6.45) is 2.51. The Morgan fingerprint density at radius 2 is 2.12 bits per heavy atom. The lowest BCUT2D eigenvalue weighted by molar-refractivity contribution is 0.0925. The van der Waals surface area contributed by atoms with Gasteiger partial charge in [-0.1, -0.05) is 23.4 Å². The second-order valence-electron chi connectivity index (χ2n) is 7.91. The van der Waals surface area contributed by atoms with E-state index in [-0.39, 0.29) is 24.1 Å². The van der Waals surface area contributed by atoms with Gasteiger partial charge in [-0.25, -0.2) is 8.42 Å². The van der Waals surface area contributed by atoms with Crippen molar-refractivity contribution in [3.63, 3.8) is 0 Å². The number of hydrogen-bond donors (Lipinski definition) is 0. The van der Waals surface area contributed by atoms with Gasteiger partial charge in [0.25, 0.3) is 0 Å². The average Bonchev–Trinajstić information content (AvgIpc) is 3.51. The summed E-state index contributed by atoms with van der Waals surface area (Å²) < 4.78 is 45.4. The quantitative estimate of drug-likeness (QED) is 0.433. The molecular weight excluding hydrogens is 448 g/mol. The van der Waals surface area contributed by atoms with E-state index in [4.69, 9.17) is 14.0 Å². The zero-order valence-electron chi connectivity index (χ0n) is 18.3. The molecule has 0 unspecified atom stereocenters. The summed E-state index contributed by atoms with van der Waals surface area (Å²) in [7, 11) is -3.81. The maximum Gasteiger partial charge on any atom is 0.248 e. The number of sulfonamides is 1. The number of hydrogen-bond acceptors (Lipinski definition) is 7. The summed E-state index contributed by atoms with van der Waals surface area (Å²) in [5, 5.41) is 5.89. The lowest BCUT2D eigenvalue weighted by Gasteiger charge is -2.25. The molecule has 3 heterocycles. The molecule has 1 atom stereocenters. The maximum atomic E-state index is 13.6. The van der Waals surface area contributed by atoms with Crippen LogP contribution in [0, 0.1) is 13.8 Å². The predicted octanol–water partition coefficient (Wildman–Crippen LogP) is 4.34. The molecule has 0 spiro atoms. The van der Waals surface area contributed by atoms with E-state index in [1.54, 1.807) is 25.2 Å². The normalized spacial score (nSPS) is 16.7. The average molecular weight is 477 g/mol. The molecule has 7 nitrogen and oxygen atoms in total. The molecule has 1 aliphatic rings. The first-order chi connectivity index (χ1) is 15.4. The van der Waals surface area contributed by atoms with Gasteiger partial charge in [-0.3, -0.25) is 0 Å². The maximum absolute atomic E-state index is 13.6. The summed E-state index contributed by atoms with van der Waals surface area (Å²) in [4.78, 5) is 1.41. The summed E-state index contributed by atoms with van der Waals surface area (Å²) in [5.74, 6) is 1.02. The minimum atomic E-state index is -3.81. The van der Waals surface area contributed by atoms with Gasteiger partial charge >= 0.3 is 0 Å². The molecule has 1 aliphatic heterocycles.